The molecule has 0 saturated carbocycles. The molecule has 1 heterocycles. The van der Waals surface area contributed by atoms with Crippen molar-refractivity contribution in [2.75, 3.05) is 0 Å². The van der Waals surface area contributed by atoms with E-state index in [0.29, 0.717) is 12.1 Å². The van der Waals surface area contributed by atoms with Crippen LogP contribution in [0.1, 0.15) is 27.3 Å². The van der Waals surface area contributed by atoms with Crippen LogP contribution in [0.5, 0.6) is 0 Å². The second-order valence-electron chi connectivity index (χ2n) is 4.35. The van der Waals surface area contributed by atoms with Crippen molar-refractivity contribution in [2.24, 2.45) is 0 Å². The third-order valence-electron chi connectivity index (χ3n) is 2.95. The Labute approximate surface area is 113 Å². The van der Waals surface area contributed by atoms with E-state index in [1.54, 1.807) is 13.8 Å². The highest BCUT2D eigenvalue weighted by molar-refractivity contribution is 5.94. The van der Waals surface area contributed by atoms with E-state index in [9.17, 15) is 18.0 Å². The molecular weight excluding hydrogens is 271 g/mol. The summed E-state index contributed by atoms with van der Waals surface area (Å²) >= 11 is 0. The van der Waals surface area contributed by atoms with Gasteiger partial charge in [0.1, 0.15) is 0 Å². The van der Waals surface area contributed by atoms with Gasteiger partial charge in [0.2, 0.25) is 0 Å². The van der Waals surface area contributed by atoms with Crippen molar-refractivity contribution >= 4 is 5.91 Å². The molecule has 2 aromatic rings. The van der Waals surface area contributed by atoms with E-state index in [4.69, 9.17) is 0 Å². The molecule has 1 amide bonds. The predicted molar refractivity (Wildman–Crippen MR) is 65.5 cm³/mol. The van der Waals surface area contributed by atoms with E-state index < -0.39 is 23.4 Å². The SMILES string of the molecule is Cc1n[nH]c(C)c1CNC(=O)c1cc(F)c(F)c(F)c1. The van der Waals surface area contributed by atoms with Crippen LogP contribution in [0.2, 0.25) is 0 Å². The molecule has 4 nitrogen and oxygen atoms in total. The lowest BCUT2D eigenvalue weighted by Gasteiger charge is -2.06. The van der Waals surface area contributed by atoms with E-state index >= 15 is 0 Å². The quantitative estimate of drug-likeness (QED) is 0.850. The highest BCUT2D eigenvalue weighted by Gasteiger charge is 2.15. The maximum atomic E-state index is 13.0. The molecule has 0 unspecified atom stereocenters. The lowest BCUT2D eigenvalue weighted by Crippen LogP contribution is -2.23. The van der Waals surface area contributed by atoms with E-state index in [1.165, 1.54) is 0 Å². The maximum Gasteiger partial charge on any atom is 0.251 e. The minimum Gasteiger partial charge on any atom is -0.348 e. The van der Waals surface area contributed by atoms with Crippen molar-refractivity contribution in [1.82, 2.24) is 15.5 Å². The molecule has 0 bridgehead atoms. The summed E-state index contributed by atoms with van der Waals surface area (Å²) in [6.07, 6.45) is 0. The molecule has 1 aromatic carbocycles. The highest BCUT2D eigenvalue weighted by atomic mass is 19.2. The molecule has 2 rings (SSSR count). The van der Waals surface area contributed by atoms with Crippen LogP contribution in [0.25, 0.3) is 0 Å². The standard InChI is InChI=1S/C13H12F3N3O/c1-6-9(7(2)19-18-6)5-17-13(20)8-3-10(14)12(16)11(15)4-8/h3-4H,5H2,1-2H3,(H,17,20)(H,18,19). The number of hydrogen-bond acceptors (Lipinski definition) is 2. The Morgan fingerprint density at radius 3 is 2.35 bits per heavy atom. The van der Waals surface area contributed by atoms with Gasteiger partial charge in [-0.25, -0.2) is 13.2 Å². The minimum absolute atomic E-state index is 0.160. The molecule has 106 valence electrons. The van der Waals surface area contributed by atoms with Crippen molar-refractivity contribution in [3.8, 4) is 0 Å². The van der Waals surface area contributed by atoms with E-state index in [-0.39, 0.29) is 12.1 Å². The fourth-order valence-electron chi connectivity index (χ4n) is 1.79. The molecule has 0 fully saturated rings. The Balaban J connectivity index is 2.13. The molecule has 2 N–H and O–H groups in total. The lowest BCUT2D eigenvalue weighted by atomic mass is 10.1. The van der Waals surface area contributed by atoms with Crippen molar-refractivity contribution in [2.45, 2.75) is 20.4 Å². The molecule has 0 aliphatic carbocycles. The first-order valence-corrected chi connectivity index (χ1v) is 5.83. The van der Waals surface area contributed by atoms with Gasteiger partial charge in [0.05, 0.1) is 5.69 Å². The van der Waals surface area contributed by atoms with Gasteiger partial charge < -0.3 is 5.32 Å². The monoisotopic (exact) mass is 283 g/mol. The fraction of sp³-hybridized carbons (Fsp3) is 0.231. The summed E-state index contributed by atoms with van der Waals surface area (Å²) in [7, 11) is 0. The van der Waals surface area contributed by atoms with Crippen molar-refractivity contribution in [3.05, 3.63) is 52.1 Å². The normalized spacial score (nSPS) is 10.7. The Morgan fingerprint density at radius 2 is 1.85 bits per heavy atom. The average Bonchev–Trinajstić information content (AvgIpc) is 2.72. The number of carbonyl (C=O) groups excluding carboxylic acids is 1. The summed E-state index contributed by atoms with van der Waals surface area (Å²) in [5.41, 5.74) is 2.03. The molecule has 0 aliphatic heterocycles. The Kier molecular flexibility index (Phi) is 3.78. The number of rotatable bonds is 3. The number of carbonyl (C=O) groups is 1. The first-order valence-electron chi connectivity index (χ1n) is 5.83. The second-order valence-corrected chi connectivity index (χ2v) is 4.35. The molecule has 0 aliphatic rings. The van der Waals surface area contributed by atoms with Crippen molar-refractivity contribution in [3.63, 3.8) is 0 Å². The number of aryl methyl sites for hydroxylation is 2. The Morgan fingerprint density at radius 1 is 1.25 bits per heavy atom. The third-order valence-corrected chi connectivity index (χ3v) is 2.95. The number of amides is 1. The Bertz CT molecular complexity index is 624. The number of aromatic amines is 1. The fourth-order valence-corrected chi connectivity index (χ4v) is 1.79. The number of benzene rings is 1. The first kappa shape index (κ1) is 14.1. The van der Waals surface area contributed by atoms with E-state index in [0.717, 1.165) is 17.0 Å². The molecule has 0 spiro atoms. The number of nitrogens with zero attached hydrogens (tertiary/aromatic N) is 1. The van der Waals surface area contributed by atoms with Gasteiger partial charge in [0.25, 0.3) is 5.91 Å². The second kappa shape index (κ2) is 5.36. The van der Waals surface area contributed by atoms with Crippen molar-refractivity contribution in [1.29, 1.82) is 0 Å². The zero-order chi connectivity index (χ0) is 14.9. The minimum atomic E-state index is -1.59. The zero-order valence-corrected chi connectivity index (χ0v) is 10.9. The van der Waals surface area contributed by atoms with Gasteiger partial charge in [-0.1, -0.05) is 0 Å². The average molecular weight is 283 g/mol. The summed E-state index contributed by atoms with van der Waals surface area (Å²) < 4.78 is 38.9. The smallest absolute Gasteiger partial charge is 0.251 e. The highest BCUT2D eigenvalue weighted by Crippen LogP contribution is 2.14. The third kappa shape index (κ3) is 2.66. The number of nitrogens with one attached hydrogen (secondary N) is 2. The molecule has 0 radical (unpaired) electrons. The van der Waals surface area contributed by atoms with Crippen LogP contribution in [0.15, 0.2) is 12.1 Å². The van der Waals surface area contributed by atoms with Gasteiger partial charge in [-0.15, -0.1) is 0 Å². The van der Waals surface area contributed by atoms with Gasteiger partial charge >= 0.3 is 0 Å². The number of H-pyrrole nitrogens is 1. The van der Waals surface area contributed by atoms with Crippen LogP contribution in [-0.4, -0.2) is 16.1 Å². The van der Waals surface area contributed by atoms with Crippen LogP contribution >= 0.6 is 0 Å². The Hall–Kier alpha value is -2.31. The molecular formula is C13H12F3N3O. The van der Waals surface area contributed by atoms with Gasteiger partial charge in [-0.2, -0.15) is 5.10 Å². The number of aromatic nitrogens is 2. The topological polar surface area (TPSA) is 57.8 Å². The molecule has 0 saturated heterocycles. The number of halogens is 3. The van der Waals surface area contributed by atoms with Crippen molar-refractivity contribution < 1.29 is 18.0 Å². The molecule has 20 heavy (non-hydrogen) atoms. The van der Waals surface area contributed by atoms with Gasteiger partial charge in [-0.05, 0) is 26.0 Å². The van der Waals surface area contributed by atoms with Crippen LogP contribution in [0.3, 0.4) is 0 Å². The molecule has 1 aromatic heterocycles. The summed E-state index contributed by atoms with van der Waals surface area (Å²) in [6, 6.07) is 1.31. The predicted octanol–water partition coefficient (Wildman–Crippen LogP) is 2.37. The molecule has 7 heteroatoms. The maximum absolute atomic E-state index is 13.0. The largest absolute Gasteiger partial charge is 0.348 e. The van der Waals surface area contributed by atoms with E-state index in [1.807, 2.05) is 0 Å². The van der Waals surface area contributed by atoms with Gasteiger partial charge in [0.15, 0.2) is 17.5 Å². The van der Waals surface area contributed by atoms with E-state index in [2.05, 4.69) is 15.5 Å². The van der Waals surface area contributed by atoms with Crippen LogP contribution < -0.4 is 5.32 Å². The van der Waals surface area contributed by atoms with Gasteiger partial charge in [-0.3, -0.25) is 9.89 Å². The van der Waals surface area contributed by atoms with Crippen LogP contribution in [-0.2, 0) is 6.54 Å². The van der Waals surface area contributed by atoms with Crippen LogP contribution in [0, 0.1) is 31.3 Å². The molecule has 0 atom stereocenters. The summed E-state index contributed by atoms with van der Waals surface area (Å²) in [6.45, 7) is 3.72. The summed E-state index contributed by atoms with van der Waals surface area (Å²) in [4.78, 5) is 11.8. The number of hydrogen-bond donors (Lipinski definition) is 2. The first-order chi connectivity index (χ1) is 9.40. The van der Waals surface area contributed by atoms with Crippen LogP contribution in [0.4, 0.5) is 13.2 Å². The lowest BCUT2D eigenvalue weighted by molar-refractivity contribution is 0.0949. The van der Waals surface area contributed by atoms with Gasteiger partial charge in [0, 0.05) is 23.4 Å². The summed E-state index contributed by atoms with van der Waals surface area (Å²) in [5.74, 6) is -5.08. The summed E-state index contributed by atoms with van der Waals surface area (Å²) in [5, 5.41) is 9.22. The zero-order valence-electron chi connectivity index (χ0n) is 10.9.